The fourth-order valence-corrected chi connectivity index (χ4v) is 8.28. The third-order valence-corrected chi connectivity index (χ3v) is 12.5. The van der Waals surface area contributed by atoms with Crippen molar-refractivity contribution >= 4 is 11.9 Å². The molecule has 0 unspecified atom stereocenters. The van der Waals surface area contributed by atoms with Crippen molar-refractivity contribution in [3.8, 4) is 0 Å². The summed E-state index contributed by atoms with van der Waals surface area (Å²) in [5.41, 5.74) is 0. The second-order valence-corrected chi connectivity index (χ2v) is 18.8. The van der Waals surface area contributed by atoms with Crippen molar-refractivity contribution in [2.24, 2.45) is 0 Å². The standard InChI is InChI=1S/C57H108O5/c1-4-7-10-13-16-19-22-25-28-31-34-37-40-43-46-49-52-60-55(53-61-56(58)50-47-44-41-38-35-32-29-26-23-20-17-14-11-8-5-2)54-62-57(59)51-48-45-42-39-36-33-30-27-24-21-18-15-12-9-6-3/h16,19,25,28,55H,4-15,17-18,20-24,26-27,29-54H2,1-3H3. The molecule has 0 aromatic carbocycles. The smallest absolute Gasteiger partial charge is 0.305 e. The molecular formula is C57H108O5. The van der Waals surface area contributed by atoms with Crippen LogP contribution < -0.4 is 0 Å². The summed E-state index contributed by atoms with van der Waals surface area (Å²) in [4.78, 5) is 25.3. The molecule has 366 valence electrons. The first-order chi connectivity index (χ1) is 30.6. The monoisotopic (exact) mass is 873 g/mol. The van der Waals surface area contributed by atoms with Gasteiger partial charge in [-0.05, 0) is 51.4 Å². The Morgan fingerprint density at radius 2 is 0.613 bits per heavy atom. The van der Waals surface area contributed by atoms with Crippen molar-refractivity contribution in [2.45, 2.75) is 309 Å². The number of carbonyl (C=O) groups excluding carboxylic acids is 2. The number of carbonyl (C=O) groups is 2. The Morgan fingerprint density at radius 1 is 0.339 bits per heavy atom. The zero-order valence-corrected chi connectivity index (χ0v) is 42.2. The third-order valence-electron chi connectivity index (χ3n) is 12.5. The Bertz CT molecular complexity index is 893. The molecule has 0 saturated heterocycles. The highest BCUT2D eigenvalue weighted by atomic mass is 16.6. The van der Waals surface area contributed by atoms with Gasteiger partial charge in [0.05, 0.1) is 0 Å². The number of ether oxygens (including phenoxy) is 3. The summed E-state index contributed by atoms with van der Waals surface area (Å²) < 4.78 is 17.5. The van der Waals surface area contributed by atoms with E-state index in [4.69, 9.17) is 14.2 Å². The summed E-state index contributed by atoms with van der Waals surface area (Å²) in [6, 6.07) is 0. The van der Waals surface area contributed by atoms with Crippen molar-refractivity contribution in [2.75, 3.05) is 19.8 Å². The van der Waals surface area contributed by atoms with E-state index in [1.54, 1.807) is 0 Å². The normalized spacial score (nSPS) is 11.8. The SMILES string of the molecule is CCCCCC=CCC=CCCCCCCCCOC(COC(=O)CCCCCCCCCCCCCCCCC)COC(=O)CCCCCCCCCCCCCCCCC. The van der Waals surface area contributed by atoms with Gasteiger partial charge in [0.15, 0.2) is 0 Å². The van der Waals surface area contributed by atoms with E-state index in [-0.39, 0.29) is 25.2 Å². The Kier molecular flexibility index (Phi) is 52.3. The van der Waals surface area contributed by atoms with Gasteiger partial charge in [-0.3, -0.25) is 9.59 Å². The minimum atomic E-state index is -0.400. The highest BCUT2D eigenvalue weighted by Crippen LogP contribution is 2.16. The van der Waals surface area contributed by atoms with E-state index in [0.29, 0.717) is 19.4 Å². The topological polar surface area (TPSA) is 61.8 Å². The quantitative estimate of drug-likeness (QED) is 0.0346. The summed E-state index contributed by atoms with van der Waals surface area (Å²) >= 11 is 0. The molecule has 0 N–H and O–H groups in total. The molecule has 0 heterocycles. The molecule has 62 heavy (non-hydrogen) atoms. The number of esters is 2. The van der Waals surface area contributed by atoms with Gasteiger partial charge in [-0.1, -0.05) is 263 Å². The van der Waals surface area contributed by atoms with Gasteiger partial charge < -0.3 is 14.2 Å². The molecule has 0 aromatic heterocycles. The van der Waals surface area contributed by atoms with Crippen molar-refractivity contribution in [3.05, 3.63) is 24.3 Å². The molecule has 0 fully saturated rings. The molecule has 5 heteroatoms. The van der Waals surface area contributed by atoms with Gasteiger partial charge in [-0.2, -0.15) is 0 Å². The van der Waals surface area contributed by atoms with Crippen LogP contribution in [0.1, 0.15) is 303 Å². The highest BCUT2D eigenvalue weighted by Gasteiger charge is 2.16. The molecule has 0 aromatic rings. The second kappa shape index (κ2) is 53.7. The molecule has 0 radical (unpaired) electrons. The maximum Gasteiger partial charge on any atom is 0.305 e. The van der Waals surface area contributed by atoms with E-state index in [0.717, 1.165) is 44.9 Å². The second-order valence-electron chi connectivity index (χ2n) is 18.8. The minimum Gasteiger partial charge on any atom is -0.463 e. The van der Waals surface area contributed by atoms with Crippen molar-refractivity contribution in [1.29, 1.82) is 0 Å². The summed E-state index contributed by atoms with van der Waals surface area (Å²) in [5.74, 6) is -0.322. The maximum atomic E-state index is 12.6. The van der Waals surface area contributed by atoms with Crippen molar-refractivity contribution < 1.29 is 23.8 Å². The molecule has 5 nitrogen and oxygen atoms in total. The van der Waals surface area contributed by atoms with Gasteiger partial charge in [0.2, 0.25) is 0 Å². The van der Waals surface area contributed by atoms with E-state index in [1.807, 2.05) is 0 Å². The van der Waals surface area contributed by atoms with Crippen LogP contribution in [0.4, 0.5) is 0 Å². The number of hydrogen-bond acceptors (Lipinski definition) is 5. The Hall–Kier alpha value is -1.62. The van der Waals surface area contributed by atoms with Crippen LogP contribution in [0.5, 0.6) is 0 Å². The first-order valence-corrected chi connectivity index (χ1v) is 27.9. The average Bonchev–Trinajstić information content (AvgIpc) is 3.28. The fraction of sp³-hybridized carbons (Fsp3) is 0.895. The van der Waals surface area contributed by atoms with Crippen molar-refractivity contribution in [1.82, 2.24) is 0 Å². The van der Waals surface area contributed by atoms with Gasteiger partial charge in [-0.15, -0.1) is 0 Å². The van der Waals surface area contributed by atoms with Crippen LogP contribution in [0.25, 0.3) is 0 Å². The number of rotatable bonds is 52. The highest BCUT2D eigenvalue weighted by molar-refractivity contribution is 5.69. The van der Waals surface area contributed by atoms with E-state index in [1.165, 1.54) is 225 Å². The van der Waals surface area contributed by atoms with Crippen molar-refractivity contribution in [3.63, 3.8) is 0 Å². The molecular weight excluding hydrogens is 765 g/mol. The predicted molar refractivity (Wildman–Crippen MR) is 270 cm³/mol. The lowest BCUT2D eigenvalue weighted by Gasteiger charge is -2.18. The van der Waals surface area contributed by atoms with Gasteiger partial charge >= 0.3 is 11.9 Å². The lowest BCUT2D eigenvalue weighted by atomic mass is 10.0. The molecule has 0 aliphatic carbocycles. The van der Waals surface area contributed by atoms with Gasteiger partial charge in [-0.25, -0.2) is 0 Å². The molecule has 0 amide bonds. The summed E-state index contributed by atoms with van der Waals surface area (Å²) in [5, 5.41) is 0. The van der Waals surface area contributed by atoms with Crippen LogP contribution in [-0.4, -0.2) is 37.9 Å². The third kappa shape index (κ3) is 51.0. The summed E-state index contributed by atoms with van der Waals surface area (Å²) in [7, 11) is 0. The lowest BCUT2D eigenvalue weighted by Crippen LogP contribution is -2.29. The molecule has 0 saturated carbocycles. The molecule has 0 spiro atoms. The van der Waals surface area contributed by atoms with Gasteiger partial charge in [0, 0.05) is 19.4 Å². The van der Waals surface area contributed by atoms with E-state index in [9.17, 15) is 9.59 Å². The van der Waals surface area contributed by atoms with Gasteiger partial charge in [0.1, 0.15) is 19.3 Å². The Morgan fingerprint density at radius 3 is 0.968 bits per heavy atom. The van der Waals surface area contributed by atoms with Crippen LogP contribution in [0, 0.1) is 0 Å². The van der Waals surface area contributed by atoms with Crippen LogP contribution in [0.3, 0.4) is 0 Å². The minimum absolute atomic E-state index is 0.159. The zero-order chi connectivity index (χ0) is 44.9. The molecule has 0 rings (SSSR count). The Balaban J connectivity index is 4.23. The fourth-order valence-electron chi connectivity index (χ4n) is 8.28. The number of allylic oxidation sites excluding steroid dienone is 4. The van der Waals surface area contributed by atoms with E-state index < -0.39 is 6.10 Å². The lowest BCUT2D eigenvalue weighted by molar-refractivity contribution is -0.155. The number of hydrogen-bond donors (Lipinski definition) is 0. The molecule has 0 atom stereocenters. The summed E-state index contributed by atoms with van der Waals surface area (Å²) in [6.07, 6.45) is 63.5. The predicted octanol–water partition coefficient (Wildman–Crippen LogP) is 18.8. The first kappa shape index (κ1) is 60.4. The van der Waals surface area contributed by atoms with E-state index >= 15 is 0 Å². The first-order valence-electron chi connectivity index (χ1n) is 27.9. The van der Waals surface area contributed by atoms with E-state index in [2.05, 4.69) is 45.1 Å². The summed E-state index contributed by atoms with van der Waals surface area (Å²) in [6.45, 7) is 7.74. The molecule has 0 aliphatic rings. The largest absolute Gasteiger partial charge is 0.463 e. The van der Waals surface area contributed by atoms with Gasteiger partial charge in [0.25, 0.3) is 0 Å². The van der Waals surface area contributed by atoms with Crippen LogP contribution in [0.2, 0.25) is 0 Å². The molecule has 0 aliphatic heterocycles. The van der Waals surface area contributed by atoms with Crippen LogP contribution in [0.15, 0.2) is 24.3 Å². The number of unbranched alkanes of at least 4 members (excludes halogenated alkanes) is 37. The Labute approximate surface area is 387 Å². The molecule has 0 bridgehead atoms. The zero-order valence-electron chi connectivity index (χ0n) is 42.2. The maximum absolute atomic E-state index is 12.6. The average molecular weight is 873 g/mol. The van der Waals surface area contributed by atoms with Crippen LogP contribution in [-0.2, 0) is 23.8 Å². The van der Waals surface area contributed by atoms with Crippen LogP contribution >= 0.6 is 0 Å².